The molecule has 0 heterocycles. The molecule has 1 aromatic carbocycles. The van der Waals surface area contributed by atoms with Gasteiger partial charge in [-0.05, 0) is 30.9 Å². The Morgan fingerprint density at radius 2 is 2.00 bits per heavy atom. The molecule has 92 valence electrons. The van der Waals surface area contributed by atoms with E-state index in [1.807, 2.05) is 18.2 Å². The molecule has 1 fully saturated rings. The summed E-state index contributed by atoms with van der Waals surface area (Å²) in [5, 5.41) is 21.4. The molecule has 0 aromatic heterocycles. The molecule has 1 aromatic rings. The Bertz CT molecular complexity index is 374. The van der Waals surface area contributed by atoms with Crippen LogP contribution in [0, 0.1) is 5.92 Å². The second kappa shape index (κ2) is 5.29. The van der Waals surface area contributed by atoms with E-state index in [0.29, 0.717) is 12.5 Å². The maximum Gasteiger partial charge on any atom is 0.325 e. The average molecular weight is 235 g/mol. The standard InChI is InChI=1S/C13H17NO3/c15-11-6-9(7-11)8-14-12(13(16)17)10-4-2-1-3-5-10/h1-5,9,11-12,14-15H,6-8H2,(H,16,17). The monoisotopic (exact) mass is 235 g/mol. The van der Waals surface area contributed by atoms with Gasteiger partial charge in [-0.1, -0.05) is 30.3 Å². The smallest absolute Gasteiger partial charge is 0.325 e. The van der Waals surface area contributed by atoms with Crippen molar-refractivity contribution in [3.63, 3.8) is 0 Å². The van der Waals surface area contributed by atoms with Gasteiger partial charge in [-0.2, -0.15) is 0 Å². The number of hydrogen-bond acceptors (Lipinski definition) is 3. The van der Waals surface area contributed by atoms with Gasteiger partial charge in [0.1, 0.15) is 6.04 Å². The van der Waals surface area contributed by atoms with Crippen LogP contribution in [0.15, 0.2) is 30.3 Å². The predicted octanol–water partition coefficient (Wildman–Crippen LogP) is 1.17. The van der Waals surface area contributed by atoms with E-state index in [2.05, 4.69) is 5.32 Å². The Balaban J connectivity index is 1.92. The van der Waals surface area contributed by atoms with Crippen LogP contribution in [0.5, 0.6) is 0 Å². The van der Waals surface area contributed by atoms with Crippen LogP contribution in [0.4, 0.5) is 0 Å². The molecule has 1 aliphatic carbocycles. The van der Waals surface area contributed by atoms with Crippen molar-refractivity contribution in [3.8, 4) is 0 Å². The van der Waals surface area contributed by atoms with E-state index in [0.717, 1.165) is 18.4 Å². The largest absolute Gasteiger partial charge is 0.480 e. The minimum Gasteiger partial charge on any atom is -0.480 e. The van der Waals surface area contributed by atoms with Gasteiger partial charge in [0.25, 0.3) is 0 Å². The molecule has 0 bridgehead atoms. The highest BCUT2D eigenvalue weighted by atomic mass is 16.4. The van der Waals surface area contributed by atoms with Crippen LogP contribution in [-0.2, 0) is 4.79 Å². The van der Waals surface area contributed by atoms with Gasteiger partial charge in [-0.25, -0.2) is 0 Å². The second-order valence-corrected chi connectivity index (χ2v) is 4.58. The van der Waals surface area contributed by atoms with Gasteiger partial charge < -0.3 is 15.5 Å². The molecule has 1 saturated carbocycles. The highest BCUT2D eigenvalue weighted by Gasteiger charge is 2.28. The molecule has 17 heavy (non-hydrogen) atoms. The number of carboxylic acids is 1. The third-order valence-electron chi connectivity index (χ3n) is 3.20. The fourth-order valence-corrected chi connectivity index (χ4v) is 2.14. The molecule has 4 heteroatoms. The first-order chi connectivity index (χ1) is 8.16. The van der Waals surface area contributed by atoms with E-state index >= 15 is 0 Å². The number of aliphatic hydroxyl groups is 1. The number of aliphatic hydroxyl groups excluding tert-OH is 1. The lowest BCUT2D eigenvalue weighted by Gasteiger charge is -2.32. The fourth-order valence-electron chi connectivity index (χ4n) is 2.14. The van der Waals surface area contributed by atoms with Crippen LogP contribution in [-0.4, -0.2) is 28.8 Å². The summed E-state index contributed by atoms with van der Waals surface area (Å²) < 4.78 is 0. The summed E-state index contributed by atoms with van der Waals surface area (Å²) in [6.07, 6.45) is 1.35. The van der Waals surface area contributed by atoms with Crippen LogP contribution in [0.1, 0.15) is 24.4 Å². The number of carboxylic acid groups (broad SMARTS) is 1. The number of hydrogen-bond donors (Lipinski definition) is 3. The summed E-state index contributed by atoms with van der Waals surface area (Å²) in [5.41, 5.74) is 0.764. The van der Waals surface area contributed by atoms with Crippen LogP contribution in [0.3, 0.4) is 0 Å². The summed E-state index contributed by atoms with van der Waals surface area (Å²) >= 11 is 0. The van der Waals surface area contributed by atoms with E-state index < -0.39 is 12.0 Å². The van der Waals surface area contributed by atoms with Crippen molar-refractivity contribution in [2.24, 2.45) is 5.92 Å². The molecule has 0 aliphatic heterocycles. The van der Waals surface area contributed by atoms with Crippen LogP contribution < -0.4 is 5.32 Å². The molecular weight excluding hydrogens is 218 g/mol. The normalized spacial score (nSPS) is 25.0. The van der Waals surface area contributed by atoms with E-state index in [4.69, 9.17) is 5.11 Å². The molecule has 4 nitrogen and oxygen atoms in total. The maximum atomic E-state index is 11.2. The first kappa shape index (κ1) is 12.1. The number of aliphatic carboxylic acids is 1. The summed E-state index contributed by atoms with van der Waals surface area (Å²) in [6.45, 7) is 0.642. The Morgan fingerprint density at radius 1 is 1.35 bits per heavy atom. The number of benzene rings is 1. The second-order valence-electron chi connectivity index (χ2n) is 4.58. The van der Waals surface area contributed by atoms with Crippen LogP contribution in [0.25, 0.3) is 0 Å². The molecule has 0 amide bonds. The quantitative estimate of drug-likeness (QED) is 0.716. The van der Waals surface area contributed by atoms with Crippen molar-refractivity contribution < 1.29 is 15.0 Å². The minimum atomic E-state index is -0.865. The molecule has 2 rings (SSSR count). The molecule has 1 aliphatic rings. The Kier molecular flexibility index (Phi) is 3.76. The third kappa shape index (κ3) is 3.05. The van der Waals surface area contributed by atoms with E-state index in [-0.39, 0.29) is 6.10 Å². The van der Waals surface area contributed by atoms with E-state index in [9.17, 15) is 9.90 Å². The van der Waals surface area contributed by atoms with Crippen molar-refractivity contribution in [3.05, 3.63) is 35.9 Å². The molecule has 1 atom stereocenters. The van der Waals surface area contributed by atoms with Crippen molar-refractivity contribution in [1.29, 1.82) is 0 Å². The van der Waals surface area contributed by atoms with Gasteiger partial charge in [0, 0.05) is 0 Å². The predicted molar refractivity (Wildman–Crippen MR) is 63.6 cm³/mol. The first-order valence-electron chi connectivity index (χ1n) is 5.86. The topological polar surface area (TPSA) is 69.6 Å². The Morgan fingerprint density at radius 3 is 2.53 bits per heavy atom. The molecule has 0 spiro atoms. The number of rotatable bonds is 5. The SMILES string of the molecule is O=C(O)C(NCC1CC(O)C1)c1ccccc1. The van der Waals surface area contributed by atoms with E-state index in [1.54, 1.807) is 12.1 Å². The lowest BCUT2D eigenvalue weighted by molar-refractivity contribution is -0.139. The van der Waals surface area contributed by atoms with Gasteiger partial charge in [-0.3, -0.25) is 4.79 Å². The lowest BCUT2D eigenvalue weighted by atomic mass is 9.82. The van der Waals surface area contributed by atoms with Gasteiger partial charge in [0.2, 0.25) is 0 Å². The summed E-state index contributed by atoms with van der Waals surface area (Å²) in [6, 6.07) is 8.49. The average Bonchev–Trinajstić information content (AvgIpc) is 2.27. The van der Waals surface area contributed by atoms with Crippen molar-refractivity contribution in [2.45, 2.75) is 25.0 Å². The van der Waals surface area contributed by atoms with Gasteiger partial charge in [0.15, 0.2) is 0 Å². The maximum absolute atomic E-state index is 11.2. The first-order valence-corrected chi connectivity index (χ1v) is 5.86. The molecule has 0 saturated heterocycles. The molecule has 0 radical (unpaired) electrons. The number of carbonyl (C=O) groups is 1. The van der Waals surface area contributed by atoms with Gasteiger partial charge in [-0.15, -0.1) is 0 Å². The summed E-state index contributed by atoms with van der Waals surface area (Å²) in [4.78, 5) is 11.2. The summed E-state index contributed by atoms with van der Waals surface area (Å²) in [5.74, 6) is -0.466. The minimum absolute atomic E-state index is 0.193. The fraction of sp³-hybridized carbons (Fsp3) is 0.462. The zero-order valence-electron chi connectivity index (χ0n) is 9.54. The Hall–Kier alpha value is -1.39. The molecular formula is C13H17NO3. The molecule has 3 N–H and O–H groups in total. The zero-order chi connectivity index (χ0) is 12.3. The summed E-state index contributed by atoms with van der Waals surface area (Å²) in [7, 11) is 0. The third-order valence-corrected chi connectivity index (χ3v) is 3.20. The van der Waals surface area contributed by atoms with Gasteiger partial charge >= 0.3 is 5.97 Å². The lowest BCUT2D eigenvalue weighted by Crippen LogP contribution is -2.39. The highest BCUT2D eigenvalue weighted by molar-refractivity contribution is 5.75. The Labute approximate surface area is 100 Å². The number of nitrogens with one attached hydrogen (secondary N) is 1. The van der Waals surface area contributed by atoms with Crippen molar-refractivity contribution in [2.75, 3.05) is 6.54 Å². The van der Waals surface area contributed by atoms with Crippen molar-refractivity contribution >= 4 is 5.97 Å². The van der Waals surface area contributed by atoms with Crippen LogP contribution >= 0.6 is 0 Å². The zero-order valence-corrected chi connectivity index (χ0v) is 9.54. The van der Waals surface area contributed by atoms with E-state index in [1.165, 1.54) is 0 Å². The highest BCUT2D eigenvalue weighted by Crippen LogP contribution is 2.27. The van der Waals surface area contributed by atoms with Gasteiger partial charge in [0.05, 0.1) is 6.10 Å². The van der Waals surface area contributed by atoms with Crippen LogP contribution in [0.2, 0.25) is 0 Å². The molecule has 1 unspecified atom stereocenters. The van der Waals surface area contributed by atoms with Crippen molar-refractivity contribution in [1.82, 2.24) is 5.32 Å².